The van der Waals surface area contributed by atoms with Crippen LogP contribution in [0.5, 0.6) is 0 Å². The Hall–Kier alpha value is -0.800. The number of rotatable bonds is 40. The Labute approximate surface area is 304 Å². The van der Waals surface area contributed by atoms with Gasteiger partial charge in [-0.05, 0) is 76.4 Å². The second-order valence-corrected chi connectivity index (χ2v) is 13.5. The van der Waals surface area contributed by atoms with Crippen LogP contribution in [0.25, 0.3) is 0 Å². The summed E-state index contributed by atoms with van der Waals surface area (Å²) in [6, 6.07) is 0. The minimum atomic E-state index is -0.377. The van der Waals surface area contributed by atoms with Gasteiger partial charge in [-0.1, -0.05) is 129 Å². The van der Waals surface area contributed by atoms with E-state index in [9.17, 15) is 0 Å². The molecule has 292 valence electrons. The molecule has 0 aliphatic heterocycles. The topological polar surface area (TPSA) is 64.6 Å². The molecule has 2 unspecified atom stereocenters. The molecule has 0 amide bonds. The summed E-state index contributed by atoms with van der Waals surface area (Å²) in [5.41, 5.74) is 0. The van der Waals surface area contributed by atoms with Crippen LogP contribution in [0.3, 0.4) is 0 Å². The molecule has 0 fully saturated rings. The molecule has 0 radical (unpaired) electrons. The van der Waals surface area contributed by atoms with Gasteiger partial charge >= 0.3 is 0 Å². The lowest BCUT2D eigenvalue weighted by molar-refractivity contribution is -0.208. The second kappa shape index (κ2) is 40.0. The zero-order valence-electron chi connectivity index (χ0n) is 33.3. The van der Waals surface area contributed by atoms with Crippen LogP contribution in [0.4, 0.5) is 0 Å². The Morgan fingerprint density at radius 2 is 0.714 bits per heavy atom. The van der Waals surface area contributed by atoms with Crippen LogP contribution in [-0.4, -0.2) is 66.8 Å². The van der Waals surface area contributed by atoms with Crippen molar-refractivity contribution < 1.29 is 33.2 Å². The molecule has 0 bridgehead atoms. The third-order valence-corrected chi connectivity index (χ3v) is 9.09. The van der Waals surface area contributed by atoms with Gasteiger partial charge in [0.25, 0.3) is 0 Å². The van der Waals surface area contributed by atoms with E-state index in [1.54, 1.807) is 28.4 Å². The van der Waals surface area contributed by atoms with Crippen LogP contribution in [0.1, 0.15) is 181 Å². The van der Waals surface area contributed by atoms with E-state index in [2.05, 4.69) is 38.2 Å². The average molecular weight is 699 g/mol. The standard InChI is InChI=1S/C42H82O7/c1-7-9-11-31-37-47-41(35-29-25-21-17-13-15-19-23-27-33-39(43-3)44-4)49-42(48-38-32-12-10-8-2)36-30-26-22-18-14-16-20-24-28-34-40(45-5)46-6/h29-30,35-36,39-42H,7-28,31-34,37-38H2,1-6H3. The monoisotopic (exact) mass is 699 g/mol. The number of hydrogen-bond donors (Lipinski definition) is 0. The number of ether oxygens (including phenoxy) is 7. The van der Waals surface area contributed by atoms with Crippen LogP contribution in [0, 0.1) is 0 Å². The van der Waals surface area contributed by atoms with Crippen molar-refractivity contribution >= 4 is 0 Å². The van der Waals surface area contributed by atoms with Crippen molar-refractivity contribution in [1.29, 1.82) is 0 Å². The molecule has 0 aromatic rings. The number of allylic oxidation sites excluding steroid dienone is 2. The summed E-state index contributed by atoms with van der Waals surface area (Å²) in [5.74, 6) is 0. The van der Waals surface area contributed by atoms with Gasteiger partial charge in [-0.2, -0.15) is 0 Å². The highest BCUT2D eigenvalue weighted by Gasteiger charge is 2.14. The van der Waals surface area contributed by atoms with E-state index in [1.807, 2.05) is 0 Å². The Morgan fingerprint density at radius 3 is 1.06 bits per heavy atom. The molecule has 0 heterocycles. The van der Waals surface area contributed by atoms with Crippen molar-refractivity contribution in [2.45, 2.75) is 206 Å². The quantitative estimate of drug-likeness (QED) is 0.0358. The largest absolute Gasteiger partial charge is 0.356 e. The molecule has 0 saturated heterocycles. The molecule has 0 rings (SSSR count). The minimum Gasteiger partial charge on any atom is -0.356 e. The lowest BCUT2D eigenvalue weighted by Crippen LogP contribution is -2.25. The van der Waals surface area contributed by atoms with E-state index < -0.39 is 0 Å². The van der Waals surface area contributed by atoms with Gasteiger partial charge in [0.15, 0.2) is 25.2 Å². The third kappa shape index (κ3) is 34.1. The lowest BCUT2D eigenvalue weighted by Gasteiger charge is -2.22. The molecule has 0 aromatic carbocycles. The molecule has 7 nitrogen and oxygen atoms in total. The number of unbranched alkanes of at least 4 members (excludes halogenated alkanes) is 20. The van der Waals surface area contributed by atoms with Gasteiger partial charge in [0.1, 0.15) is 0 Å². The maximum atomic E-state index is 6.44. The average Bonchev–Trinajstić information content (AvgIpc) is 3.12. The van der Waals surface area contributed by atoms with Gasteiger partial charge in [-0.3, -0.25) is 0 Å². The number of methoxy groups -OCH3 is 4. The summed E-state index contributed by atoms with van der Waals surface area (Å²) in [6.45, 7) is 5.93. The summed E-state index contributed by atoms with van der Waals surface area (Å²) >= 11 is 0. The van der Waals surface area contributed by atoms with E-state index in [1.165, 1.54) is 128 Å². The highest BCUT2D eigenvalue weighted by molar-refractivity contribution is 4.89. The fraction of sp³-hybridized carbons (Fsp3) is 0.905. The normalized spacial score (nSPS) is 13.6. The first-order valence-electron chi connectivity index (χ1n) is 20.5. The van der Waals surface area contributed by atoms with Crippen molar-refractivity contribution in [2.24, 2.45) is 0 Å². The van der Waals surface area contributed by atoms with E-state index in [0.29, 0.717) is 0 Å². The second-order valence-electron chi connectivity index (χ2n) is 13.5. The third-order valence-electron chi connectivity index (χ3n) is 9.09. The van der Waals surface area contributed by atoms with Crippen LogP contribution in [-0.2, 0) is 33.2 Å². The molecule has 0 aliphatic carbocycles. The minimum absolute atomic E-state index is 0.0541. The molecular formula is C42H82O7. The van der Waals surface area contributed by atoms with Gasteiger partial charge in [0.05, 0.1) is 13.2 Å². The zero-order valence-corrected chi connectivity index (χ0v) is 33.3. The first-order chi connectivity index (χ1) is 24.1. The van der Waals surface area contributed by atoms with Crippen molar-refractivity contribution in [3.63, 3.8) is 0 Å². The highest BCUT2D eigenvalue weighted by atomic mass is 16.8. The molecule has 0 spiro atoms. The lowest BCUT2D eigenvalue weighted by atomic mass is 10.1. The Balaban J connectivity index is 4.66. The van der Waals surface area contributed by atoms with E-state index in [4.69, 9.17) is 33.2 Å². The Kier molecular flexibility index (Phi) is 39.3. The van der Waals surface area contributed by atoms with Crippen LogP contribution < -0.4 is 0 Å². The van der Waals surface area contributed by atoms with Gasteiger partial charge in [0, 0.05) is 28.4 Å². The zero-order chi connectivity index (χ0) is 35.9. The van der Waals surface area contributed by atoms with Crippen LogP contribution in [0.2, 0.25) is 0 Å². The van der Waals surface area contributed by atoms with Crippen molar-refractivity contribution in [2.75, 3.05) is 41.7 Å². The van der Waals surface area contributed by atoms with E-state index in [-0.39, 0.29) is 25.2 Å². The van der Waals surface area contributed by atoms with Crippen molar-refractivity contribution in [1.82, 2.24) is 0 Å². The number of hydrogen-bond acceptors (Lipinski definition) is 7. The van der Waals surface area contributed by atoms with Gasteiger partial charge in [0.2, 0.25) is 0 Å². The summed E-state index contributed by atoms with van der Waals surface area (Å²) < 4.78 is 40.1. The summed E-state index contributed by atoms with van der Waals surface area (Å²) in [6.07, 6.45) is 39.0. The molecule has 0 N–H and O–H groups in total. The smallest absolute Gasteiger partial charge is 0.180 e. The van der Waals surface area contributed by atoms with E-state index >= 15 is 0 Å². The van der Waals surface area contributed by atoms with Crippen LogP contribution in [0.15, 0.2) is 24.3 Å². The Bertz CT molecular complexity index is 622. The fourth-order valence-electron chi connectivity index (χ4n) is 5.86. The first kappa shape index (κ1) is 48.2. The predicted octanol–water partition coefficient (Wildman–Crippen LogP) is 12.2. The highest BCUT2D eigenvalue weighted by Crippen LogP contribution is 2.16. The first-order valence-corrected chi connectivity index (χ1v) is 20.5. The SMILES string of the molecule is CCCCCCOC(C=CCCCCCCCCCC(OC)OC)OC(C=CCCCCCCCCCC(OC)OC)OCCCCCC. The predicted molar refractivity (Wildman–Crippen MR) is 206 cm³/mol. The van der Waals surface area contributed by atoms with E-state index in [0.717, 1.165) is 51.7 Å². The molecule has 7 heteroatoms. The maximum absolute atomic E-state index is 6.44. The van der Waals surface area contributed by atoms with Gasteiger partial charge < -0.3 is 33.2 Å². The fourth-order valence-corrected chi connectivity index (χ4v) is 5.86. The van der Waals surface area contributed by atoms with Crippen molar-refractivity contribution in [3.8, 4) is 0 Å². The molecule has 0 aliphatic rings. The van der Waals surface area contributed by atoms with Gasteiger partial charge in [-0.15, -0.1) is 0 Å². The van der Waals surface area contributed by atoms with Crippen molar-refractivity contribution in [3.05, 3.63) is 24.3 Å². The molecule has 0 saturated carbocycles. The summed E-state index contributed by atoms with van der Waals surface area (Å²) in [5, 5.41) is 0. The molecule has 0 aromatic heterocycles. The van der Waals surface area contributed by atoms with Crippen LogP contribution >= 0.6 is 0 Å². The summed E-state index contributed by atoms with van der Waals surface area (Å²) in [7, 11) is 6.86. The molecule has 2 atom stereocenters. The Morgan fingerprint density at radius 1 is 0.388 bits per heavy atom. The molecule has 49 heavy (non-hydrogen) atoms. The molecular weight excluding hydrogens is 616 g/mol. The summed E-state index contributed by atoms with van der Waals surface area (Å²) in [4.78, 5) is 0. The van der Waals surface area contributed by atoms with Gasteiger partial charge in [-0.25, -0.2) is 0 Å². The maximum Gasteiger partial charge on any atom is 0.180 e.